The molecule has 0 radical (unpaired) electrons. The fourth-order valence-corrected chi connectivity index (χ4v) is 2.70. The monoisotopic (exact) mass is 353 g/mol. The van der Waals surface area contributed by atoms with Crippen molar-refractivity contribution in [2.24, 2.45) is 0 Å². The van der Waals surface area contributed by atoms with E-state index in [1.54, 1.807) is 11.8 Å². The lowest BCUT2D eigenvalue weighted by Crippen LogP contribution is -2.30. The van der Waals surface area contributed by atoms with E-state index >= 15 is 0 Å². The van der Waals surface area contributed by atoms with E-state index in [-0.39, 0.29) is 17.5 Å². The van der Waals surface area contributed by atoms with Crippen molar-refractivity contribution in [2.45, 2.75) is 11.8 Å². The number of aryl methyl sites for hydroxylation is 1. The van der Waals surface area contributed by atoms with Crippen LogP contribution in [0.5, 0.6) is 5.75 Å². The molecule has 1 amide bonds. The second-order valence-electron chi connectivity index (χ2n) is 4.88. The molecular weight excluding hydrogens is 337 g/mol. The van der Waals surface area contributed by atoms with E-state index < -0.39 is 5.82 Å². The molecule has 23 heavy (non-hydrogen) atoms. The predicted molar refractivity (Wildman–Crippen MR) is 91.8 cm³/mol. The van der Waals surface area contributed by atoms with Gasteiger partial charge in [-0.15, -0.1) is 11.8 Å². The molecule has 3 nitrogen and oxygen atoms in total. The first-order valence-electron chi connectivity index (χ1n) is 7.08. The van der Waals surface area contributed by atoms with E-state index in [1.165, 1.54) is 28.7 Å². The second kappa shape index (κ2) is 8.79. The van der Waals surface area contributed by atoms with Crippen molar-refractivity contribution in [3.05, 3.63) is 58.9 Å². The zero-order valence-electron chi connectivity index (χ0n) is 12.6. The van der Waals surface area contributed by atoms with Crippen LogP contribution in [-0.4, -0.2) is 24.8 Å². The van der Waals surface area contributed by atoms with E-state index in [4.69, 9.17) is 16.3 Å². The Labute approximate surface area is 144 Å². The van der Waals surface area contributed by atoms with Crippen molar-refractivity contribution in [1.82, 2.24) is 5.32 Å². The van der Waals surface area contributed by atoms with Crippen LogP contribution < -0.4 is 10.1 Å². The number of hydrogen-bond donors (Lipinski definition) is 1. The molecule has 0 heterocycles. The van der Waals surface area contributed by atoms with Gasteiger partial charge in [-0.25, -0.2) is 4.39 Å². The molecule has 0 saturated heterocycles. The molecule has 0 unspecified atom stereocenters. The number of carbonyl (C=O) groups is 1. The molecule has 0 aliphatic carbocycles. The number of nitrogens with one attached hydrogen (secondary N) is 1. The smallest absolute Gasteiger partial charge is 0.257 e. The molecule has 2 aromatic rings. The lowest BCUT2D eigenvalue weighted by Gasteiger charge is -2.08. The van der Waals surface area contributed by atoms with Crippen LogP contribution in [0.2, 0.25) is 5.02 Å². The summed E-state index contributed by atoms with van der Waals surface area (Å²) in [5.74, 6) is 0.393. The molecule has 1 N–H and O–H groups in total. The number of rotatable bonds is 7. The second-order valence-corrected chi connectivity index (χ2v) is 6.45. The van der Waals surface area contributed by atoms with Gasteiger partial charge in [-0.05, 0) is 31.2 Å². The summed E-state index contributed by atoms with van der Waals surface area (Å²) in [4.78, 5) is 12.8. The highest BCUT2D eigenvalue weighted by Gasteiger charge is 2.05. The Morgan fingerprint density at radius 1 is 1.26 bits per heavy atom. The van der Waals surface area contributed by atoms with Crippen molar-refractivity contribution in [3.8, 4) is 5.75 Å². The molecule has 6 heteroatoms. The van der Waals surface area contributed by atoms with Crippen LogP contribution in [0.4, 0.5) is 4.39 Å². The SMILES string of the molecule is Cc1ccc(SCCNC(=O)COc2ccc(F)c(Cl)c2)cc1. The van der Waals surface area contributed by atoms with E-state index in [1.807, 2.05) is 6.92 Å². The Kier molecular flexibility index (Phi) is 6.74. The Morgan fingerprint density at radius 3 is 2.70 bits per heavy atom. The first-order chi connectivity index (χ1) is 11.0. The molecule has 0 aliphatic rings. The minimum absolute atomic E-state index is 0.0302. The highest BCUT2D eigenvalue weighted by atomic mass is 35.5. The molecule has 0 fully saturated rings. The van der Waals surface area contributed by atoms with Gasteiger partial charge in [0, 0.05) is 23.3 Å². The number of ether oxygens (including phenoxy) is 1. The molecular formula is C17H17ClFNO2S. The van der Waals surface area contributed by atoms with Crippen molar-refractivity contribution in [1.29, 1.82) is 0 Å². The number of hydrogen-bond acceptors (Lipinski definition) is 3. The van der Waals surface area contributed by atoms with E-state index in [0.717, 1.165) is 5.75 Å². The first-order valence-corrected chi connectivity index (χ1v) is 8.45. The number of benzene rings is 2. The minimum atomic E-state index is -0.517. The minimum Gasteiger partial charge on any atom is -0.484 e. The average Bonchev–Trinajstić information content (AvgIpc) is 2.54. The maximum absolute atomic E-state index is 13.0. The fraction of sp³-hybridized carbons (Fsp3) is 0.235. The number of amides is 1. The van der Waals surface area contributed by atoms with Crippen LogP contribution >= 0.6 is 23.4 Å². The first kappa shape index (κ1) is 17.6. The van der Waals surface area contributed by atoms with Crippen molar-refractivity contribution in [3.63, 3.8) is 0 Å². The third kappa shape index (κ3) is 6.12. The van der Waals surface area contributed by atoms with Crippen molar-refractivity contribution < 1.29 is 13.9 Å². The topological polar surface area (TPSA) is 38.3 Å². The molecule has 0 spiro atoms. The predicted octanol–water partition coefficient (Wildman–Crippen LogP) is 4.07. The van der Waals surface area contributed by atoms with Crippen LogP contribution in [0, 0.1) is 12.7 Å². The molecule has 0 saturated carbocycles. The maximum atomic E-state index is 13.0. The molecule has 0 bridgehead atoms. The Balaban J connectivity index is 1.65. The quantitative estimate of drug-likeness (QED) is 0.602. The average molecular weight is 354 g/mol. The third-order valence-electron chi connectivity index (χ3n) is 2.97. The summed E-state index contributed by atoms with van der Waals surface area (Å²) >= 11 is 7.32. The van der Waals surface area contributed by atoms with E-state index in [2.05, 4.69) is 29.6 Å². The van der Waals surface area contributed by atoms with Gasteiger partial charge in [0.05, 0.1) is 5.02 Å². The van der Waals surface area contributed by atoms with E-state index in [0.29, 0.717) is 12.3 Å². The zero-order chi connectivity index (χ0) is 16.7. The van der Waals surface area contributed by atoms with Crippen LogP contribution in [0.25, 0.3) is 0 Å². The standard InChI is InChI=1S/C17H17ClFNO2S/c1-12-2-5-14(6-3-12)23-9-8-20-17(21)11-22-13-4-7-16(19)15(18)10-13/h2-7,10H,8-9,11H2,1H3,(H,20,21). The Hall–Kier alpha value is -1.72. The van der Waals surface area contributed by atoms with Crippen LogP contribution in [-0.2, 0) is 4.79 Å². The largest absolute Gasteiger partial charge is 0.484 e. The lowest BCUT2D eigenvalue weighted by molar-refractivity contribution is -0.122. The number of thioether (sulfide) groups is 1. The highest BCUT2D eigenvalue weighted by molar-refractivity contribution is 7.99. The van der Waals surface area contributed by atoms with Gasteiger partial charge in [-0.2, -0.15) is 0 Å². The van der Waals surface area contributed by atoms with Gasteiger partial charge in [-0.1, -0.05) is 29.3 Å². The Bertz CT molecular complexity index is 664. The summed E-state index contributed by atoms with van der Waals surface area (Å²) in [6.45, 7) is 2.46. The van der Waals surface area contributed by atoms with Gasteiger partial charge >= 0.3 is 0 Å². The molecule has 2 aromatic carbocycles. The summed E-state index contributed by atoms with van der Waals surface area (Å²) in [6.07, 6.45) is 0. The van der Waals surface area contributed by atoms with Crippen molar-refractivity contribution in [2.75, 3.05) is 18.9 Å². The van der Waals surface area contributed by atoms with Gasteiger partial charge in [0.1, 0.15) is 11.6 Å². The summed E-state index contributed by atoms with van der Waals surface area (Å²) in [6, 6.07) is 12.2. The van der Waals surface area contributed by atoms with Crippen LogP contribution in [0.1, 0.15) is 5.56 Å². The molecule has 0 aromatic heterocycles. The lowest BCUT2D eigenvalue weighted by atomic mass is 10.2. The number of halogens is 2. The summed E-state index contributed by atoms with van der Waals surface area (Å²) < 4.78 is 18.3. The van der Waals surface area contributed by atoms with Gasteiger partial charge in [0.2, 0.25) is 0 Å². The molecule has 0 atom stereocenters. The van der Waals surface area contributed by atoms with Crippen LogP contribution in [0.15, 0.2) is 47.4 Å². The Morgan fingerprint density at radius 2 is 2.00 bits per heavy atom. The van der Waals surface area contributed by atoms with Crippen molar-refractivity contribution >= 4 is 29.3 Å². The van der Waals surface area contributed by atoms with Gasteiger partial charge in [-0.3, -0.25) is 4.79 Å². The zero-order valence-corrected chi connectivity index (χ0v) is 14.2. The van der Waals surface area contributed by atoms with Gasteiger partial charge in [0.25, 0.3) is 5.91 Å². The normalized spacial score (nSPS) is 10.4. The summed E-state index contributed by atoms with van der Waals surface area (Å²) in [5, 5.41) is 2.74. The molecule has 122 valence electrons. The van der Waals surface area contributed by atoms with Gasteiger partial charge in [0.15, 0.2) is 6.61 Å². The maximum Gasteiger partial charge on any atom is 0.257 e. The number of carbonyl (C=O) groups excluding carboxylic acids is 1. The van der Waals surface area contributed by atoms with Gasteiger partial charge < -0.3 is 10.1 Å². The summed E-state index contributed by atoms with van der Waals surface area (Å²) in [7, 11) is 0. The molecule has 0 aliphatic heterocycles. The third-order valence-corrected chi connectivity index (χ3v) is 4.28. The summed E-state index contributed by atoms with van der Waals surface area (Å²) in [5.41, 5.74) is 1.22. The molecule has 2 rings (SSSR count). The fourth-order valence-electron chi connectivity index (χ4n) is 1.76. The van der Waals surface area contributed by atoms with Crippen LogP contribution in [0.3, 0.4) is 0 Å². The van der Waals surface area contributed by atoms with E-state index in [9.17, 15) is 9.18 Å². The highest BCUT2D eigenvalue weighted by Crippen LogP contribution is 2.21.